The Kier molecular flexibility index (Phi) is 5.41. The van der Waals surface area contributed by atoms with Crippen molar-refractivity contribution in [3.63, 3.8) is 0 Å². The highest BCUT2D eigenvalue weighted by atomic mass is 19.4. The fourth-order valence-electron chi connectivity index (χ4n) is 3.94. The number of hydrogen-bond donors (Lipinski definition) is 1. The van der Waals surface area contributed by atoms with E-state index in [9.17, 15) is 42.1 Å². The number of alkyl halides is 6. The summed E-state index contributed by atoms with van der Waals surface area (Å²) in [5.41, 5.74) is 1.68. The summed E-state index contributed by atoms with van der Waals surface area (Å²) in [5.74, 6) is -2.33. The topological polar surface area (TPSA) is 97.4 Å². The van der Waals surface area contributed by atoms with Crippen molar-refractivity contribution in [1.29, 1.82) is 15.8 Å². The van der Waals surface area contributed by atoms with E-state index in [1.165, 1.54) is 0 Å². The molecule has 10 heteroatoms. The van der Waals surface area contributed by atoms with Gasteiger partial charge in [0, 0.05) is 11.8 Å². The van der Waals surface area contributed by atoms with Gasteiger partial charge in [0.05, 0.1) is 40.6 Å². The molecular weight excluding hydrogens is 434 g/mol. The van der Waals surface area contributed by atoms with E-state index in [2.05, 4.69) is 0 Å². The van der Waals surface area contributed by atoms with E-state index in [0.717, 1.165) is 48.5 Å². The number of nitrogens with zero attached hydrogens (tertiary/aromatic N) is 3. The van der Waals surface area contributed by atoms with Crippen LogP contribution in [0.4, 0.5) is 26.3 Å². The van der Waals surface area contributed by atoms with Gasteiger partial charge in [-0.05, 0) is 35.4 Å². The van der Waals surface area contributed by atoms with Crippen LogP contribution in [0, 0.1) is 39.4 Å². The minimum absolute atomic E-state index is 0.110. The Morgan fingerprint density at radius 1 is 0.719 bits per heavy atom. The van der Waals surface area contributed by atoms with Crippen molar-refractivity contribution < 1.29 is 26.3 Å². The van der Waals surface area contributed by atoms with Crippen LogP contribution >= 0.6 is 0 Å². The molecule has 0 heterocycles. The molecule has 2 N–H and O–H groups in total. The van der Waals surface area contributed by atoms with Crippen LogP contribution in [0.15, 0.2) is 59.8 Å². The molecule has 3 rings (SSSR count). The predicted molar refractivity (Wildman–Crippen MR) is 98.9 cm³/mol. The van der Waals surface area contributed by atoms with Crippen molar-refractivity contribution in [2.45, 2.75) is 24.2 Å². The van der Waals surface area contributed by atoms with Gasteiger partial charge >= 0.3 is 12.4 Å². The summed E-state index contributed by atoms with van der Waals surface area (Å²) >= 11 is 0. The molecule has 32 heavy (non-hydrogen) atoms. The van der Waals surface area contributed by atoms with Crippen molar-refractivity contribution in [1.82, 2.24) is 0 Å². The fourth-order valence-corrected chi connectivity index (χ4v) is 3.94. The molecule has 0 radical (unpaired) electrons. The van der Waals surface area contributed by atoms with Crippen LogP contribution in [-0.4, -0.2) is 0 Å². The second kappa shape index (κ2) is 7.62. The molecule has 0 unspecified atom stereocenters. The van der Waals surface area contributed by atoms with E-state index in [0.29, 0.717) is 0 Å². The monoisotopic (exact) mass is 446 g/mol. The summed E-state index contributed by atoms with van der Waals surface area (Å²) in [6.07, 6.45) is -9.24. The Morgan fingerprint density at radius 2 is 1.12 bits per heavy atom. The minimum Gasteiger partial charge on any atom is -0.399 e. The first-order valence-corrected chi connectivity index (χ1v) is 8.97. The molecule has 162 valence electrons. The number of nitrogens with two attached hydrogens (primary N) is 1. The number of halogens is 6. The Bertz CT molecular complexity index is 1170. The fraction of sp³-hybridized carbons (Fsp3) is 0.227. The van der Waals surface area contributed by atoms with Gasteiger partial charge in [0.25, 0.3) is 0 Å². The minimum atomic E-state index is -4.63. The number of hydrogen-bond acceptors (Lipinski definition) is 4. The molecule has 2 atom stereocenters. The second-order valence-electron chi connectivity index (χ2n) is 7.17. The van der Waals surface area contributed by atoms with Gasteiger partial charge < -0.3 is 5.73 Å². The highest BCUT2D eigenvalue weighted by Gasteiger charge is 2.56. The quantitative estimate of drug-likeness (QED) is 0.627. The van der Waals surface area contributed by atoms with E-state index >= 15 is 0 Å². The first-order valence-electron chi connectivity index (χ1n) is 8.97. The molecule has 0 spiro atoms. The number of nitriles is 3. The third-order valence-corrected chi connectivity index (χ3v) is 5.49. The molecule has 1 aliphatic carbocycles. The van der Waals surface area contributed by atoms with Gasteiger partial charge in [-0.1, -0.05) is 24.3 Å². The van der Waals surface area contributed by atoms with Crippen LogP contribution in [0.2, 0.25) is 0 Å². The first-order chi connectivity index (χ1) is 14.9. The van der Waals surface area contributed by atoms with E-state index in [1.54, 1.807) is 12.1 Å². The van der Waals surface area contributed by atoms with Gasteiger partial charge in [0.1, 0.15) is 0 Å². The third-order valence-electron chi connectivity index (χ3n) is 5.49. The van der Waals surface area contributed by atoms with Crippen LogP contribution in [0.25, 0.3) is 0 Å². The maximum atomic E-state index is 13.0. The van der Waals surface area contributed by atoms with Crippen molar-refractivity contribution in [2.75, 3.05) is 0 Å². The van der Waals surface area contributed by atoms with Gasteiger partial charge in [0.2, 0.25) is 0 Å². The van der Waals surface area contributed by atoms with E-state index < -0.39 is 40.7 Å². The normalized spacial score (nSPS) is 20.3. The van der Waals surface area contributed by atoms with Crippen LogP contribution in [0.1, 0.15) is 34.1 Å². The molecule has 2 aromatic rings. The highest BCUT2D eigenvalue weighted by molar-refractivity contribution is 5.58. The molecule has 0 saturated carbocycles. The molecule has 2 aromatic carbocycles. The number of allylic oxidation sites excluding steroid dienone is 2. The lowest BCUT2D eigenvalue weighted by Crippen LogP contribution is -2.29. The zero-order valence-electron chi connectivity index (χ0n) is 16.0. The summed E-state index contributed by atoms with van der Waals surface area (Å²) in [5, 5.41) is 29.3. The van der Waals surface area contributed by atoms with Gasteiger partial charge in [-0.25, -0.2) is 0 Å². The summed E-state index contributed by atoms with van der Waals surface area (Å²) in [6.45, 7) is 0. The molecule has 1 aliphatic rings. The van der Waals surface area contributed by atoms with Crippen LogP contribution in [0.3, 0.4) is 0 Å². The van der Waals surface area contributed by atoms with Gasteiger partial charge in [-0.3, -0.25) is 0 Å². The standard InChI is InChI=1S/C22H12F6N4/c23-21(24,25)14-5-1-12(2-6-14)17-16(9-29)19(32)20(10-30,11-31)18(17)13-3-7-15(8-4-13)22(26,27)28/h1-8,17-18H,32H2/t17-,18-/m1/s1. The Hall–Kier alpha value is -3.97. The van der Waals surface area contributed by atoms with Crippen LogP contribution in [-0.2, 0) is 12.4 Å². The third kappa shape index (κ3) is 3.52. The molecule has 0 fully saturated rings. The second-order valence-corrected chi connectivity index (χ2v) is 7.17. The van der Waals surface area contributed by atoms with Crippen molar-refractivity contribution in [2.24, 2.45) is 11.1 Å². The molecule has 0 aromatic heterocycles. The molecule has 4 nitrogen and oxygen atoms in total. The first kappa shape index (κ1) is 22.7. The molecule has 0 aliphatic heterocycles. The maximum absolute atomic E-state index is 13.0. The predicted octanol–water partition coefficient (Wildman–Crippen LogP) is 5.38. The number of rotatable bonds is 2. The Morgan fingerprint density at radius 3 is 1.47 bits per heavy atom. The average Bonchev–Trinajstić information content (AvgIpc) is 3.00. The summed E-state index contributed by atoms with van der Waals surface area (Å²) in [4.78, 5) is 0. The molecule has 0 amide bonds. The smallest absolute Gasteiger partial charge is 0.399 e. The maximum Gasteiger partial charge on any atom is 0.416 e. The highest BCUT2D eigenvalue weighted by Crippen LogP contribution is 2.58. The Balaban J connectivity index is 2.22. The van der Waals surface area contributed by atoms with E-state index in [-0.39, 0.29) is 22.4 Å². The Labute approximate surface area is 178 Å². The lowest BCUT2D eigenvalue weighted by atomic mass is 9.69. The number of benzene rings is 2. The van der Waals surface area contributed by atoms with Crippen molar-refractivity contribution in [3.05, 3.63) is 82.1 Å². The average molecular weight is 446 g/mol. The van der Waals surface area contributed by atoms with Crippen molar-refractivity contribution >= 4 is 0 Å². The molecular formula is C22H12F6N4. The van der Waals surface area contributed by atoms with E-state index in [4.69, 9.17) is 5.73 Å². The van der Waals surface area contributed by atoms with Gasteiger partial charge in [-0.15, -0.1) is 0 Å². The van der Waals surface area contributed by atoms with E-state index in [1.807, 2.05) is 6.07 Å². The van der Waals surface area contributed by atoms with Crippen molar-refractivity contribution in [3.8, 4) is 18.2 Å². The molecule has 0 saturated heterocycles. The zero-order valence-corrected chi connectivity index (χ0v) is 16.0. The summed E-state index contributed by atoms with van der Waals surface area (Å²) in [7, 11) is 0. The van der Waals surface area contributed by atoms with Gasteiger partial charge in [0.15, 0.2) is 5.41 Å². The zero-order chi connectivity index (χ0) is 23.9. The molecule has 0 bridgehead atoms. The SMILES string of the molecule is N#CC1=C(N)C(C#N)(C#N)[C@H](c2ccc(C(F)(F)F)cc2)[C@@H]1c1ccc(C(F)(F)F)cc1. The van der Waals surface area contributed by atoms with Crippen LogP contribution < -0.4 is 5.73 Å². The van der Waals surface area contributed by atoms with Crippen LogP contribution in [0.5, 0.6) is 0 Å². The lowest BCUT2D eigenvalue weighted by Gasteiger charge is -2.28. The summed E-state index contributed by atoms with van der Waals surface area (Å²) < 4.78 is 77.8. The summed E-state index contributed by atoms with van der Waals surface area (Å²) in [6, 6.07) is 12.8. The largest absolute Gasteiger partial charge is 0.416 e. The lowest BCUT2D eigenvalue weighted by molar-refractivity contribution is -0.138. The van der Waals surface area contributed by atoms with Gasteiger partial charge in [-0.2, -0.15) is 42.1 Å².